The molecule has 8 nitrogen and oxygen atoms in total. The predicted octanol–water partition coefficient (Wildman–Crippen LogP) is 2.53. The number of carbonyl (C=O) groups excluding carboxylic acids is 2. The Morgan fingerprint density at radius 3 is 2.69 bits per heavy atom. The molecular formula is C22H32FN3O5S. The molecule has 0 atom stereocenters. The molecule has 0 radical (unpaired) electrons. The number of sulfonamides is 1. The minimum Gasteiger partial charge on any atom is -0.490 e. The molecule has 178 valence electrons. The monoisotopic (exact) mass is 469 g/mol. The Balaban J connectivity index is 1.45. The van der Waals surface area contributed by atoms with Gasteiger partial charge in [0.1, 0.15) is 0 Å². The highest BCUT2D eigenvalue weighted by molar-refractivity contribution is 7.89. The van der Waals surface area contributed by atoms with Crippen LogP contribution in [0.5, 0.6) is 5.75 Å². The van der Waals surface area contributed by atoms with Gasteiger partial charge in [-0.25, -0.2) is 22.3 Å². The van der Waals surface area contributed by atoms with Crippen LogP contribution in [0.4, 0.5) is 9.18 Å². The summed E-state index contributed by atoms with van der Waals surface area (Å²) in [6.07, 6.45) is 3.39. The highest BCUT2D eigenvalue weighted by Gasteiger charge is 2.27. The zero-order chi connectivity index (χ0) is 23.4. The molecular weight excluding hydrogens is 437 g/mol. The molecule has 0 spiro atoms. The summed E-state index contributed by atoms with van der Waals surface area (Å²) >= 11 is 0. The van der Waals surface area contributed by atoms with Gasteiger partial charge >= 0.3 is 6.03 Å². The highest BCUT2D eigenvalue weighted by atomic mass is 32.2. The van der Waals surface area contributed by atoms with E-state index in [9.17, 15) is 22.4 Å². The van der Waals surface area contributed by atoms with E-state index in [4.69, 9.17) is 4.74 Å². The van der Waals surface area contributed by atoms with Crippen molar-refractivity contribution in [2.45, 2.75) is 51.4 Å². The van der Waals surface area contributed by atoms with Gasteiger partial charge in [-0.15, -0.1) is 0 Å². The van der Waals surface area contributed by atoms with Crippen LogP contribution in [-0.2, 0) is 20.2 Å². The summed E-state index contributed by atoms with van der Waals surface area (Å²) in [5.74, 6) is -0.0595. The van der Waals surface area contributed by atoms with Gasteiger partial charge in [-0.2, -0.15) is 0 Å². The zero-order valence-corrected chi connectivity index (χ0v) is 19.5. The number of ether oxygens (including phenoxy) is 1. The Bertz CT molecular complexity index is 947. The standard InChI is InChI=1S/C22H32FN3O5S/c1-22(2,17-7-8-18(23)19(13-17)31-14-16-5-6-16)15-24-32(29,30)12-4-3-10-26-11-9-20(27)25-21(26)28/h7-8,13,16,24H,3-6,9-12,14-15H2,1-2H3,(H,25,27,28). The van der Waals surface area contributed by atoms with Crippen LogP contribution in [0.2, 0.25) is 0 Å². The number of unbranched alkanes of at least 4 members (excludes halogenated alkanes) is 1. The van der Waals surface area contributed by atoms with Gasteiger partial charge in [0.15, 0.2) is 11.6 Å². The van der Waals surface area contributed by atoms with Crippen molar-refractivity contribution in [2.75, 3.05) is 32.0 Å². The van der Waals surface area contributed by atoms with Crippen molar-refractivity contribution in [3.63, 3.8) is 0 Å². The van der Waals surface area contributed by atoms with Crippen LogP contribution in [0.1, 0.15) is 51.5 Å². The molecule has 2 fully saturated rings. The first-order valence-electron chi connectivity index (χ1n) is 11.0. The van der Waals surface area contributed by atoms with Gasteiger partial charge in [0, 0.05) is 31.5 Å². The zero-order valence-electron chi connectivity index (χ0n) is 18.7. The van der Waals surface area contributed by atoms with Gasteiger partial charge < -0.3 is 9.64 Å². The number of nitrogens with one attached hydrogen (secondary N) is 2. The highest BCUT2D eigenvalue weighted by Crippen LogP contribution is 2.32. The number of rotatable bonds is 12. The van der Waals surface area contributed by atoms with Crippen molar-refractivity contribution in [1.29, 1.82) is 0 Å². The molecule has 0 aromatic heterocycles. The number of nitrogens with zero attached hydrogens (tertiary/aromatic N) is 1. The van der Waals surface area contributed by atoms with E-state index in [1.54, 1.807) is 12.1 Å². The number of hydrogen-bond acceptors (Lipinski definition) is 5. The van der Waals surface area contributed by atoms with Gasteiger partial charge in [0.05, 0.1) is 12.4 Å². The number of imide groups is 1. The van der Waals surface area contributed by atoms with Crippen LogP contribution in [-0.4, -0.2) is 57.3 Å². The Morgan fingerprint density at radius 2 is 2.00 bits per heavy atom. The molecule has 1 aliphatic heterocycles. The summed E-state index contributed by atoms with van der Waals surface area (Å²) in [5, 5.41) is 2.25. The van der Waals surface area contributed by atoms with Gasteiger partial charge in [-0.3, -0.25) is 10.1 Å². The SMILES string of the molecule is CC(C)(CNS(=O)(=O)CCCCN1CCC(=O)NC1=O)c1ccc(F)c(OCC2CC2)c1. The van der Waals surface area contributed by atoms with Crippen LogP contribution >= 0.6 is 0 Å². The summed E-state index contributed by atoms with van der Waals surface area (Å²) in [6.45, 7) is 5.21. The van der Waals surface area contributed by atoms with Crippen molar-refractivity contribution in [1.82, 2.24) is 14.9 Å². The lowest BCUT2D eigenvalue weighted by molar-refractivity contribution is -0.121. The van der Waals surface area contributed by atoms with Crippen LogP contribution in [0, 0.1) is 11.7 Å². The molecule has 2 aliphatic rings. The molecule has 32 heavy (non-hydrogen) atoms. The number of amides is 3. The normalized spacial score (nSPS) is 17.4. The molecule has 1 aromatic carbocycles. The summed E-state index contributed by atoms with van der Waals surface area (Å²) in [7, 11) is -3.51. The third-order valence-corrected chi connectivity index (χ3v) is 7.26. The number of halogens is 1. The Hall–Kier alpha value is -2.20. The molecule has 2 N–H and O–H groups in total. The number of hydrogen-bond donors (Lipinski definition) is 2. The number of urea groups is 1. The molecule has 1 saturated heterocycles. The Labute approximate surface area is 188 Å². The van der Waals surface area contributed by atoms with E-state index in [0.29, 0.717) is 38.5 Å². The minimum absolute atomic E-state index is 0.0589. The maximum absolute atomic E-state index is 14.1. The average molecular weight is 470 g/mol. The Kier molecular flexibility index (Phi) is 7.76. The van der Waals surface area contributed by atoms with Crippen molar-refractivity contribution >= 4 is 22.0 Å². The first-order chi connectivity index (χ1) is 15.1. The van der Waals surface area contributed by atoms with E-state index >= 15 is 0 Å². The molecule has 0 bridgehead atoms. The van der Waals surface area contributed by atoms with Crippen molar-refractivity contribution in [3.05, 3.63) is 29.6 Å². The maximum atomic E-state index is 14.1. The second-order valence-corrected chi connectivity index (χ2v) is 11.1. The van der Waals surface area contributed by atoms with E-state index in [1.807, 2.05) is 13.8 Å². The van der Waals surface area contributed by atoms with Gasteiger partial charge in [-0.05, 0) is 49.3 Å². The van der Waals surface area contributed by atoms with E-state index in [2.05, 4.69) is 10.0 Å². The fraction of sp³-hybridized carbons (Fsp3) is 0.636. The second-order valence-electron chi connectivity index (χ2n) is 9.22. The van der Waals surface area contributed by atoms with E-state index in [-0.39, 0.29) is 30.4 Å². The minimum atomic E-state index is -3.51. The predicted molar refractivity (Wildman–Crippen MR) is 118 cm³/mol. The van der Waals surface area contributed by atoms with Crippen LogP contribution in [0.25, 0.3) is 0 Å². The molecule has 10 heteroatoms. The van der Waals surface area contributed by atoms with Crippen LogP contribution < -0.4 is 14.8 Å². The lowest BCUT2D eigenvalue weighted by Crippen LogP contribution is -2.49. The topological polar surface area (TPSA) is 105 Å². The second kappa shape index (κ2) is 10.2. The lowest BCUT2D eigenvalue weighted by Gasteiger charge is -2.27. The molecule has 1 heterocycles. The van der Waals surface area contributed by atoms with Crippen molar-refractivity contribution in [3.8, 4) is 5.75 Å². The first-order valence-corrected chi connectivity index (χ1v) is 12.7. The smallest absolute Gasteiger partial charge is 0.324 e. The van der Waals surface area contributed by atoms with E-state index in [0.717, 1.165) is 18.4 Å². The average Bonchev–Trinajstić information content (AvgIpc) is 3.55. The summed E-state index contributed by atoms with van der Waals surface area (Å²) in [6, 6.07) is 4.24. The van der Waals surface area contributed by atoms with E-state index in [1.165, 1.54) is 11.0 Å². The van der Waals surface area contributed by atoms with Gasteiger partial charge in [0.25, 0.3) is 0 Å². The molecule has 1 aromatic rings. The summed E-state index contributed by atoms with van der Waals surface area (Å²) in [5.41, 5.74) is 0.231. The molecule has 3 amide bonds. The van der Waals surface area contributed by atoms with Crippen LogP contribution in [0.3, 0.4) is 0 Å². The third-order valence-electron chi connectivity index (χ3n) is 5.85. The van der Waals surface area contributed by atoms with E-state index < -0.39 is 27.3 Å². The summed E-state index contributed by atoms with van der Waals surface area (Å²) < 4.78 is 47.2. The molecule has 3 rings (SSSR count). The first kappa shape index (κ1) is 24.4. The molecule has 0 unspecified atom stereocenters. The van der Waals surface area contributed by atoms with Gasteiger partial charge in [0.2, 0.25) is 15.9 Å². The summed E-state index contributed by atoms with van der Waals surface area (Å²) in [4.78, 5) is 24.4. The number of benzene rings is 1. The van der Waals surface area contributed by atoms with Crippen molar-refractivity contribution in [2.24, 2.45) is 5.92 Å². The van der Waals surface area contributed by atoms with Crippen molar-refractivity contribution < 1.29 is 27.1 Å². The fourth-order valence-corrected chi connectivity index (χ4v) is 4.71. The third kappa shape index (κ3) is 7.16. The molecule has 1 aliphatic carbocycles. The largest absolute Gasteiger partial charge is 0.490 e. The van der Waals surface area contributed by atoms with Crippen LogP contribution in [0.15, 0.2) is 18.2 Å². The number of carbonyl (C=O) groups is 2. The fourth-order valence-electron chi connectivity index (χ4n) is 3.40. The van der Waals surface area contributed by atoms with Gasteiger partial charge in [-0.1, -0.05) is 19.9 Å². The lowest BCUT2D eigenvalue weighted by atomic mass is 9.85. The maximum Gasteiger partial charge on any atom is 0.324 e. The molecule has 1 saturated carbocycles. The quantitative estimate of drug-likeness (QED) is 0.458. The Morgan fingerprint density at radius 1 is 1.25 bits per heavy atom.